The van der Waals surface area contributed by atoms with E-state index in [9.17, 15) is 13.2 Å². The first-order valence-electron chi connectivity index (χ1n) is 6.07. The van der Waals surface area contributed by atoms with E-state index < -0.39 is 26.6 Å². The van der Waals surface area contributed by atoms with Gasteiger partial charge in [0.15, 0.2) is 0 Å². The maximum Gasteiger partial charge on any atom is 0.323 e. The van der Waals surface area contributed by atoms with Crippen LogP contribution in [0.1, 0.15) is 24.2 Å². The number of nitrogens with two attached hydrogens (primary N) is 1. The van der Waals surface area contributed by atoms with Crippen LogP contribution in [0.25, 0.3) is 0 Å². The summed E-state index contributed by atoms with van der Waals surface area (Å²) in [6.45, 7) is 1.45. The third-order valence-electron chi connectivity index (χ3n) is 2.82. The fraction of sp³-hybridized carbons (Fsp3) is 0.417. The van der Waals surface area contributed by atoms with Crippen molar-refractivity contribution in [1.82, 2.24) is 0 Å². The Morgan fingerprint density at radius 3 is 2.45 bits per heavy atom. The molecule has 0 aromatic heterocycles. The van der Waals surface area contributed by atoms with Crippen molar-refractivity contribution in [3.8, 4) is 0 Å². The summed E-state index contributed by atoms with van der Waals surface area (Å²) in [7, 11) is -4.23. The van der Waals surface area contributed by atoms with E-state index in [0.717, 1.165) is 0 Å². The van der Waals surface area contributed by atoms with E-state index in [0.29, 0.717) is 0 Å². The summed E-state index contributed by atoms with van der Waals surface area (Å²) < 4.78 is 28.8. The number of thiol groups is 1. The molecule has 22 heavy (non-hydrogen) atoms. The molecule has 0 saturated heterocycles. The number of rotatable bonds is 6. The lowest BCUT2D eigenvalue weighted by Crippen LogP contribution is -2.23. The van der Waals surface area contributed by atoms with Gasteiger partial charge in [-0.2, -0.15) is 21.0 Å². The van der Waals surface area contributed by atoms with Gasteiger partial charge in [-0.05, 0) is 18.6 Å². The predicted octanol–water partition coefficient (Wildman–Crippen LogP) is 3.23. The van der Waals surface area contributed by atoms with Crippen molar-refractivity contribution in [2.45, 2.75) is 23.8 Å². The highest BCUT2D eigenvalue weighted by Gasteiger charge is 2.30. The smallest absolute Gasteiger partial charge is 0.323 e. The van der Waals surface area contributed by atoms with Crippen LogP contribution < -0.4 is 5.73 Å². The van der Waals surface area contributed by atoms with E-state index in [1.54, 1.807) is 0 Å². The van der Waals surface area contributed by atoms with Crippen LogP contribution in [0, 0.1) is 0 Å². The number of hydrogen-bond donors (Lipinski definition) is 2. The Morgan fingerprint density at radius 1 is 1.32 bits per heavy atom. The van der Waals surface area contributed by atoms with Crippen LogP contribution in [0.2, 0.25) is 15.1 Å². The number of halogens is 3. The zero-order chi connectivity index (χ0) is 17.1. The summed E-state index contributed by atoms with van der Waals surface area (Å²) in [4.78, 5) is 11.6. The fourth-order valence-corrected chi connectivity index (χ4v) is 3.42. The summed E-state index contributed by atoms with van der Waals surface area (Å²) in [6, 6.07) is 2.82. The average Bonchev–Trinajstić information content (AvgIpc) is 2.43. The molecule has 1 aromatic rings. The van der Waals surface area contributed by atoms with Gasteiger partial charge in [0.05, 0.1) is 21.5 Å². The van der Waals surface area contributed by atoms with Gasteiger partial charge in [-0.25, -0.2) is 0 Å². The van der Waals surface area contributed by atoms with Gasteiger partial charge in [-0.3, -0.25) is 4.79 Å². The molecule has 1 rings (SSSR count). The highest BCUT2D eigenvalue weighted by Crippen LogP contribution is 2.38. The monoisotopic (exact) mass is 405 g/mol. The lowest BCUT2D eigenvalue weighted by molar-refractivity contribution is -0.133. The minimum Gasteiger partial charge on any atom is -0.345 e. The molecule has 2 atom stereocenters. The second kappa shape index (κ2) is 8.08. The Hall–Kier alpha value is -0.180. The van der Waals surface area contributed by atoms with Crippen LogP contribution in [-0.4, -0.2) is 26.2 Å². The SMILES string of the molecule is CC(c1ccc(Cl)c(Cl)c1Cl)S(=O)(=O)OC(=O)CC(S)CN. The lowest BCUT2D eigenvalue weighted by Gasteiger charge is -2.16. The molecule has 0 heterocycles. The predicted molar refractivity (Wildman–Crippen MR) is 91.3 cm³/mol. The first-order chi connectivity index (χ1) is 10.1. The second-order valence-corrected chi connectivity index (χ2v) is 8.20. The summed E-state index contributed by atoms with van der Waals surface area (Å²) in [5, 5.41) is -1.46. The lowest BCUT2D eigenvalue weighted by atomic mass is 10.2. The summed E-state index contributed by atoms with van der Waals surface area (Å²) in [6.07, 6.45) is -0.222. The number of benzene rings is 1. The first kappa shape index (κ1) is 19.9. The van der Waals surface area contributed by atoms with Gasteiger partial charge < -0.3 is 9.92 Å². The number of hydrogen-bond acceptors (Lipinski definition) is 6. The summed E-state index contributed by atoms with van der Waals surface area (Å²) >= 11 is 21.7. The number of carbonyl (C=O) groups excluding carboxylic acids is 1. The minimum atomic E-state index is -4.23. The molecule has 1 aromatic carbocycles. The molecule has 0 radical (unpaired) electrons. The molecule has 5 nitrogen and oxygen atoms in total. The molecular weight excluding hydrogens is 393 g/mol. The molecule has 0 aliphatic heterocycles. The third-order valence-corrected chi connectivity index (χ3v) is 6.06. The van der Waals surface area contributed by atoms with Crippen molar-refractivity contribution >= 4 is 63.5 Å². The topological polar surface area (TPSA) is 86.5 Å². The van der Waals surface area contributed by atoms with Crippen LogP contribution in [0.5, 0.6) is 0 Å². The minimum absolute atomic E-state index is 0.00433. The number of carbonyl (C=O) groups is 1. The molecule has 0 saturated carbocycles. The molecule has 124 valence electrons. The Labute approximate surface area is 149 Å². The van der Waals surface area contributed by atoms with Gasteiger partial charge in [0.1, 0.15) is 5.25 Å². The van der Waals surface area contributed by atoms with E-state index in [1.807, 2.05) is 0 Å². The second-order valence-electron chi connectivity index (χ2n) is 4.45. The van der Waals surface area contributed by atoms with E-state index in [-0.39, 0.29) is 33.6 Å². The van der Waals surface area contributed by atoms with Crippen molar-refractivity contribution in [3.63, 3.8) is 0 Å². The van der Waals surface area contributed by atoms with Crippen LogP contribution in [0.15, 0.2) is 12.1 Å². The molecule has 0 fully saturated rings. The summed E-state index contributed by atoms with van der Waals surface area (Å²) in [5.41, 5.74) is 5.49. The maximum absolute atomic E-state index is 12.1. The first-order valence-corrected chi connectivity index (χ1v) is 9.20. The largest absolute Gasteiger partial charge is 0.345 e. The molecule has 0 aliphatic carbocycles. The maximum atomic E-state index is 12.1. The standard InChI is InChI=1S/C12H14Cl3NO4S2/c1-6(8-2-3-9(13)12(15)11(8)14)22(18,19)20-10(17)4-7(21)5-16/h2-3,6-7,21H,4-5,16H2,1H3. The zero-order valence-corrected chi connectivity index (χ0v) is 15.4. The van der Waals surface area contributed by atoms with Crippen LogP contribution in [0.3, 0.4) is 0 Å². The van der Waals surface area contributed by atoms with E-state index >= 15 is 0 Å². The highest BCUT2D eigenvalue weighted by molar-refractivity contribution is 7.87. The highest BCUT2D eigenvalue weighted by atomic mass is 35.5. The Morgan fingerprint density at radius 2 is 1.91 bits per heavy atom. The molecule has 2 N–H and O–H groups in total. The fourth-order valence-electron chi connectivity index (χ4n) is 1.52. The quantitative estimate of drug-likeness (QED) is 0.430. The van der Waals surface area contributed by atoms with Crippen LogP contribution in [-0.2, 0) is 19.1 Å². The Balaban J connectivity index is 2.99. The Bertz CT molecular complexity index is 667. The van der Waals surface area contributed by atoms with Gasteiger partial charge in [0.2, 0.25) is 0 Å². The van der Waals surface area contributed by atoms with Gasteiger partial charge >= 0.3 is 16.1 Å². The normalized spacial score (nSPS) is 14.5. The van der Waals surface area contributed by atoms with Crippen molar-refractivity contribution in [3.05, 3.63) is 32.8 Å². The molecule has 0 amide bonds. The zero-order valence-electron chi connectivity index (χ0n) is 11.4. The molecule has 10 heteroatoms. The van der Waals surface area contributed by atoms with Crippen molar-refractivity contribution in [1.29, 1.82) is 0 Å². The van der Waals surface area contributed by atoms with Gasteiger partial charge in [0, 0.05) is 11.8 Å². The van der Waals surface area contributed by atoms with Gasteiger partial charge in [-0.15, -0.1) is 0 Å². The van der Waals surface area contributed by atoms with Crippen molar-refractivity contribution in [2.75, 3.05) is 6.54 Å². The molecule has 0 bridgehead atoms. The Kier molecular flexibility index (Phi) is 7.29. The van der Waals surface area contributed by atoms with Gasteiger partial charge in [0.25, 0.3) is 0 Å². The summed E-state index contributed by atoms with van der Waals surface area (Å²) in [5.74, 6) is -0.937. The van der Waals surface area contributed by atoms with Crippen molar-refractivity contribution < 1.29 is 17.4 Å². The average molecular weight is 407 g/mol. The van der Waals surface area contributed by atoms with Crippen LogP contribution >= 0.6 is 47.4 Å². The van der Waals surface area contributed by atoms with Crippen molar-refractivity contribution in [2.24, 2.45) is 5.73 Å². The van der Waals surface area contributed by atoms with E-state index in [4.69, 9.17) is 40.5 Å². The van der Waals surface area contributed by atoms with Gasteiger partial charge in [-0.1, -0.05) is 40.9 Å². The van der Waals surface area contributed by atoms with Crippen LogP contribution in [0.4, 0.5) is 0 Å². The molecule has 0 spiro atoms. The van der Waals surface area contributed by atoms with E-state index in [1.165, 1.54) is 19.1 Å². The molecule has 2 unspecified atom stereocenters. The molecular formula is C12H14Cl3NO4S2. The molecule has 0 aliphatic rings. The van der Waals surface area contributed by atoms with E-state index in [2.05, 4.69) is 16.8 Å². The third kappa shape index (κ3) is 4.91.